The molecular formula is C16H20F4O4. The van der Waals surface area contributed by atoms with E-state index in [1.54, 1.807) is 6.92 Å². The summed E-state index contributed by atoms with van der Waals surface area (Å²) in [6, 6.07) is 0. The molecule has 0 radical (unpaired) electrons. The number of methoxy groups -OCH3 is 1. The Kier molecular flexibility index (Phi) is 4.09. The van der Waals surface area contributed by atoms with Crippen molar-refractivity contribution in [3.05, 3.63) is 11.6 Å². The van der Waals surface area contributed by atoms with Crippen LogP contribution >= 0.6 is 0 Å². The van der Waals surface area contributed by atoms with Crippen LogP contribution in [0.2, 0.25) is 0 Å². The average Bonchev–Trinajstić information content (AvgIpc) is 3.38. The standard InChI is InChI=1S/C16H20F4O4/c1-8(16(18,19)20)4-5-10-14(2,24-10)13-12(22-3)11(21)9(17)6-15(13)7-23-15/h4,9-10,12-13H,5-7H2,1-3H3/b8-4+/t9-,10-,12-,13-,14-,15+/m1/s1. The van der Waals surface area contributed by atoms with Crippen molar-refractivity contribution in [1.29, 1.82) is 0 Å². The van der Waals surface area contributed by atoms with Crippen LogP contribution < -0.4 is 0 Å². The fourth-order valence-corrected chi connectivity index (χ4v) is 3.84. The van der Waals surface area contributed by atoms with E-state index in [0.29, 0.717) is 6.61 Å². The second-order valence-electron chi connectivity index (χ2n) is 6.97. The van der Waals surface area contributed by atoms with Gasteiger partial charge in [-0.2, -0.15) is 13.2 Å². The Labute approximate surface area is 137 Å². The molecule has 24 heavy (non-hydrogen) atoms. The summed E-state index contributed by atoms with van der Waals surface area (Å²) in [6.45, 7) is 3.02. The summed E-state index contributed by atoms with van der Waals surface area (Å²) in [4.78, 5) is 12.1. The number of Topliss-reactive ketones (excluding diaryl/α,β-unsaturated/α-hetero) is 1. The Morgan fingerprint density at radius 2 is 2.08 bits per heavy atom. The fourth-order valence-electron chi connectivity index (χ4n) is 3.84. The van der Waals surface area contributed by atoms with Crippen LogP contribution in [0.4, 0.5) is 17.6 Å². The van der Waals surface area contributed by atoms with Crippen molar-refractivity contribution < 1.29 is 36.6 Å². The zero-order valence-electron chi connectivity index (χ0n) is 13.7. The van der Waals surface area contributed by atoms with E-state index < -0.39 is 53.0 Å². The highest BCUT2D eigenvalue weighted by Gasteiger charge is 2.73. The van der Waals surface area contributed by atoms with E-state index in [0.717, 1.165) is 13.0 Å². The molecule has 2 aliphatic heterocycles. The lowest BCUT2D eigenvalue weighted by atomic mass is 9.68. The number of alkyl halides is 4. The Morgan fingerprint density at radius 3 is 2.58 bits per heavy atom. The number of hydrogen-bond donors (Lipinski definition) is 0. The summed E-state index contributed by atoms with van der Waals surface area (Å²) in [6.07, 6.45) is -6.43. The predicted octanol–water partition coefficient (Wildman–Crippen LogP) is 2.75. The third-order valence-electron chi connectivity index (χ3n) is 5.43. The molecule has 136 valence electrons. The monoisotopic (exact) mass is 352 g/mol. The summed E-state index contributed by atoms with van der Waals surface area (Å²) >= 11 is 0. The first-order valence-electron chi connectivity index (χ1n) is 7.81. The lowest BCUT2D eigenvalue weighted by Crippen LogP contribution is -2.56. The lowest BCUT2D eigenvalue weighted by molar-refractivity contribution is -0.150. The van der Waals surface area contributed by atoms with Gasteiger partial charge in [-0.05, 0) is 20.3 Å². The molecule has 0 N–H and O–H groups in total. The molecule has 0 aromatic heterocycles. The third-order valence-corrected chi connectivity index (χ3v) is 5.43. The van der Waals surface area contributed by atoms with Gasteiger partial charge >= 0.3 is 6.18 Å². The highest BCUT2D eigenvalue weighted by molar-refractivity contribution is 5.89. The molecule has 2 heterocycles. The van der Waals surface area contributed by atoms with Crippen molar-refractivity contribution in [3.8, 4) is 0 Å². The summed E-state index contributed by atoms with van der Waals surface area (Å²) in [5, 5.41) is 0. The fraction of sp³-hybridized carbons (Fsp3) is 0.812. The second-order valence-corrected chi connectivity index (χ2v) is 6.97. The molecule has 0 bridgehead atoms. The number of epoxide rings is 2. The minimum absolute atomic E-state index is 0.0561. The second kappa shape index (κ2) is 5.51. The number of halogens is 4. The minimum atomic E-state index is -4.37. The number of hydrogen-bond acceptors (Lipinski definition) is 4. The van der Waals surface area contributed by atoms with Crippen molar-refractivity contribution in [2.45, 2.75) is 62.4 Å². The van der Waals surface area contributed by atoms with Gasteiger partial charge in [0, 0.05) is 19.1 Å². The van der Waals surface area contributed by atoms with Crippen molar-refractivity contribution >= 4 is 5.78 Å². The average molecular weight is 352 g/mol. The molecule has 0 aromatic rings. The molecule has 4 nitrogen and oxygen atoms in total. The first-order valence-corrected chi connectivity index (χ1v) is 7.81. The van der Waals surface area contributed by atoms with E-state index in [9.17, 15) is 22.4 Å². The highest BCUT2D eigenvalue weighted by Crippen LogP contribution is 2.59. The SMILES string of the molecule is CO[C@@H]1C(=O)[C@H](F)C[C@]2(CO2)[C@H]1[C@]1(C)O[C@@H]1C/C=C(\C)C(F)(F)F. The topological polar surface area (TPSA) is 51.4 Å². The molecule has 0 aromatic carbocycles. The van der Waals surface area contributed by atoms with E-state index in [1.165, 1.54) is 7.11 Å². The smallest absolute Gasteiger partial charge is 0.373 e. The van der Waals surface area contributed by atoms with Gasteiger partial charge in [-0.1, -0.05) is 6.08 Å². The van der Waals surface area contributed by atoms with E-state index in [4.69, 9.17) is 14.2 Å². The lowest BCUT2D eigenvalue weighted by Gasteiger charge is -2.38. The van der Waals surface area contributed by atoms with Gasteiger partial charge in [0.2, 0.25) is 0 Å². The summed E-state index contributed by atoms with van der Waals surface area (Å²) in [5.74, 6) is -1.18. The number of ketones is 1. The Balaban J connectivity index is 1.77. The summed E-state index contributed by atoms with van der Waals surface area (Å²) < 4.78 is 68.0. The van der Waals surface area contributed by atoms with Crippen LogP contribution in [-0.4, -0.2) is 55.3 Å². The minimum Gasteiger partial charge on any atom is -0.373 e. The molecule has 3 fully saturated rings. The Morgan fingerprint density at radius 1 is 1.46 bits per heavy atom. The van der Waals surface area contributed by atoms with E-state index >= 15 is 0 Å². The molecule has 2 saturated heterocycles. The molecule has 3 rings (SSSR count). The van der Waals surface area contributed by atoms with Crippen LogP contribution in [0.5, 0.6) is 0 Å². The highest BCUT2D eigenvalue weighted by atomic mass is 19.4. The number of rotatable bonds is 4. The molecule has 8 heteroatoms. The van der Waals surface area contributed by atoms with Gasteiger partial charge in [0.25, 0.3) is 0 Å². The molecule has 6 atom stereocenters. The Bertz CT molecular complexity index is 569. The molecule has 1 saturated carbocycles. The third kappa shape index (κ3) is 2.78. The van der Waals surface area contributed by atoms with Gasteiger partial charge in [-0.3, -0.25) is 4.79 Å². The van der Waals surface area contributed by atoms with Gasteiger partial charge in [0.1, 0.15) is 17.3 Å². The van der Waals surface area contributed by atoms with E-state index in [-0.39, 0.29) is 12.8 Å². The molecule has 3 aliphatic rings. The van der Waals surface area contributed by atoms with Gasteiger partial charge < -0.3 is 14.2 Å². The van der Waals surface area contributed by atoms with Crippen LogP contribution in [0, 0.1) is 5.92 Å². The van der Waals surface area contributed by atoms with E-state index in [2.05, 4.69) is 0 Å². The maximum Gasteiger partial charge on any atom is 0.412 e. The first kappa shape index (κ1) is 17.8. The maximum absolute atomic E-state index is 13.9. The van der Waals surface area contributed by atoms with Crippen molar-refractivity contribution in [1.82, 2.24) is 0 Å². The van der Waals surface area contributed by atoms with Gasteiger partial charge in [-0.25, -0.2) is 4.39 Å². The van der Waals surface area contributed by atoms with Crippen LogP contribution in [0.1, 0.15) is 26.7 Å². The number of carbonyl (C=O) groups excluding carboxylic acids is 1. The summed E-state index contributed by atoms with van der Waals surface area (Å²) in [7, 11) is 1.32. The molecular weight excluding hydrogens is 332 g/mol. The quantitative estimate of drug-likeness (QED) is 0.444. The Hall–Kier alpha value is -0.990. The van der Waals surface area contributed by atoms with Crippen molar-refractivity contribution in [2.24, 2.45) is 5.92 Å². The van der Waals surface area contributed by atoms with Crippen LogP contribution in [-0.2, 0) is 19.0 Å². The van der Waals surface area contributed by atoms with Gasteiger partial charge in [-0.15, -0.1) is 0 Å². The maximum atomic E-state index is 13.9. The predicted molar refractivity (Wildman–Crippen MR) is 75.2 cm³/mol. The van der Waals surface area contributed by atoms with E-state index in [1.807, 2.05) is 0 Å². The molecule has 0 unspecified atom stereocenters. The summed E-state index contributed by atoms with van der Waals surface area (Å²) in [5.41, 5.74) is -2.38. The molecule has 0 amide bonds. The molecule has 1 aliphatic carbocycles. The largest absolute Gasteiger partial charge is 0.412 e. The van der Waals surface area contributed by atoms with Gasteiger partial charge in [0.15, 0.2) is 12.0 Å². The van der Waals surface area contributed by atoms with Crippen LogP contribution in [0.3, 0.4) is 0 Å². The van der Waals surface area contributed by atoms with Gasteiger partial charge in [0.05, 0.1) is 18.6 Å². The first-order chi connectivity index (χ1) is 11.0. The normalized spacial score (nSPS) is 45.6. The van der Waals surface area contributed by atoms with Crippen molar-refractivity contribution in [2.75, 3.05) is 13.7 Å². The number of carbonyl (C=O) groups is 1. The zero-order valence-corrected chi connectivity index (χ0v) is 13.7. The molecule has 1 spiro atoms. The number of ether oxygens (including phenoxy) is 3. The zero-order chi connectivity index (χ0) is 17.9. The van der Waals surface area contributed by atoms with Crippen LogP contribution in [0.15, 0.2) is 11.6 Å². The number of allylic oxidation sites excluding steroid dienone is 1. The van der Waals surface area contributed by atoms with Crippen LogP contribution in [0.25, 0.3) is 0 Å². The van der Waals surface area contributed by atoms with Crippen molar-refractivity contribution in [3.63, 3.8) is 0 Å².